The van der Waals surface area contributed by atoms with E-state index in [2.05, 4.69) is 17.6 Å². The zero-order valence-corrected chi connectivity index (χ0v) is 11.7. The molecule has 1 saturated carbocycles. The molecule has 0 aromatic carbocycles. The predicted molar refractivity (Wildman–Crippen MR) is 73.5 cm³/mol. The lowest BCUT2D eigenvalue weighted by molar-refractivity contribution is -0.135. The minimum Gasteiger partial charge on any atom is -0.341 e. The Morgan fingerprint density at radius 3 is 2.50 bits per heavy atom. The van der Waals surface area contributed by atoms with Gasteiger partial charge in [-0.05, 0) is 31.6 Å². The van der Waals surface area contributed by atoms with E-state index < -0.39 is 0 Å². The summed E-state index contributed by atoms with van der Waals surface area (Å²) in [5, 5.41) is 6.58. The SMILES string of the molecule is CCC1CCC(N(C)C(=O)C2CNCCN2)CC1. The number of hydrogen-bond acceptors (Lipinski definition) is 3. The Morgan fingerprint density at radius 1 is 1.22 bits per heavy atom. The Kier molecular flexibility index (Phi) is 5.01. The normalized spacial score (nSPS) is 33.1. The van der Waals surface area contributed by atoms with E-state index >= 15 is 0 Å². The molecule has 1 unspecified atom stereocenters. The van der Waals surface area contributed by atoms with Crippen LogP contribution in [-0.2, 0) is 4.79 Å². The molecule has 1 aliphatic carbocycles. The quantitative estimate of drug-likeness (QED) is 0.788. The second kappa shape index (κ2) is 6.53. The molecule has 0 radical (unpaired) electrons. The second-order valence-corrected chi connectivity index (χ2v) is 5.74. The number of amides is 1. The van der Waals surface area contributed by atoms with Crippen LogP contribution in [-0.4, -0.2) is 49.6 Å². The molecule has 4 heteroatoms. The summed E-state index contributed by atoms with van der Waals surface area (Å²) in [6, 6.07) is 0.441. The van der Waals surface area contributed by atoms with E-state index in [9.17, 15) is 4.79 Å². The molecule has 0 aromatic heterocycles. The maximum absolute atomic E-state index is 12.4. The third-order valence-corrected chi connectivity index (χ3v) is 4.63. The number of nitrogens with zero attached hydrogens (tertiary/aromatic N) is 1. The third-order valence-electron chi connectivity index (χ3n) is 4.63. The van der Waals surface area contributed by atoms with Crippen molar-refractivity contribution in [1.29, 1.82) is 0 Å². The molecule has 1 saturated heterocycles. The third kappa shape index (κ3) is 3.23. The topological polar surface area (TPSA) is 44.4 Å². The maximum atomic E-state index is 12.4. The summed E-state index contributed by atoms with van der Waals surface area (Å²) in [7, 11) is 1.98. The Bertz CT molecular complexity index is 268. The smallest absolute Gasteiger partial charge is 0.241 e. The number of rotatable bonds is 3. The standard InChI is InChI=1S/C14H27N3O/c1-3-11-4-6-12(7-5-11)17(2)14(18)13-10-15-8-9-16-13/h11-13,15-16H,3-10H2,1-2H3. The molecule has 1 atom stereocenters. The number of nitrogens with one attached hydrogen (secondary N) is 2. The molecule has 2 aliphatic rings. The van der Waals surface area contributed by atoms with Crippen LogP contribution in [0.4, 0.5) is 0 Å². The van der Waals surface area contributed by atoms with Crippen LogP contribution in [0.25, 0.3) is 0 Å². The summed E-state index contributed by atoms with van der Waals surface area (Å²) < 4.78 is 0. The highest BCUT2D eigenvalue weighted by atomic mass is 16.2. The molecule has 0 spiro atoms. The Hall–Kier alpha value is -0.610. The molecule has 4 nitrogen and oxygen atoms in total. The van der Waals surface area contributed by atoms with Crippen LogP contribution in [0.15, 0.2) is 0 Å². The number of carbonyl (C=O) groups excluding carboxylic acids is 1. The molecule has 1 heterocycles. The van der Waals surface area contributed by atoms with Crippen LogP contribution in [0.3, 0.4) is 0 Å². The van der Waals surface area contributed by atoms with Crippen molar-refractivity contribution in [2.45, 2.75) is 51.1 Å². The van der Waals surface area contributed by atoms with Gasteiger partial charge in [0.05, 0.1) is 6.04 Å². The van der Waals surface area contributed by atoms with Gasteiger partial charge in [-0.25, -0.2) is 0 Å². The number of likely N-dealkylation sites (N-methyl/N-ethyl adjacent to an activating group) is 1. The number of hydrogen-bond donors (Lipinski definition) is 2. The van der Waals surface area contributed by atoms with Gasteiger partial charge in [-0.15, -0.1) is 0 Å². The highest BCUT2D eigenvalue weighted by molar-refractivity contribution is 5.82. The van der Waals surface area contributed by atoms with Crippen molar-refractivity contribution in [2.24, 2.45) is 5.92 Å². The number of piperazine rings is 1. The lowest BCUT2D eigenvalue weighted by atomic mass is 9.84. The Morgan fingerprint density at radius 2 is 1.94 bits per heavy atom. The summed E-state index contributed by atoms with van der Waals surface area (Å²) >= 11 is 0. The molecule has 2 fully saturated rings. The molecule has 1 amide bonds. The van der Waals surface area contributed by atoms with Crippen molar-refractivity contribution in [3.05, 3.63) is 0 Å². The van der Waals surface area contributed by atoms with Gasteiger partial charge in [0.15, 0.2) is 0 Å². The first kappa shape index (κ1) is 13.8. The predicted octanol–water partition coefficient (Wildman–Crippen LogP) is 0.975. The zero-order chi connectivity index (χ0) is 13.0. The minimum atomic E-state index is -0.0207. The number of carbonyl (C=O) groups is 1. The first-order chi connectivity index (χ1) is 8.72. The Labute approximate surface area is 110 Å². The van der Waals surface area contributed by atoms with Crippen LogP contribution in [0.2, 0.25) is 0 Å². The summed E-state index contributed by atoms with van der Waals surface area (Å²) in [6.07, 6.45) is 6.23. The van der Waals surface area contributed by atoms with Crippen molar-refractivity contribution in [2.75, 3.05) is 26.7 Å². The van der Waals surface area contributed by atoms with Crippen LogP contribution >= 0.6 is 0 Å². The molecule has 0 aromatic rings. The fourth-order valence-corrected chi connectivity index (χ4v) is 3.19. The van der Waals surface area contributed by atoms with Gasteiger partial charge in [0.1, 0.15) is 0 Å². The van der Waals surface area contributed by atoms with Crippen molar-refractivity contribution in [1.82, 2.24) is 15.5 Å². The Balaban J connectivity index is 1.83. The first-order valence-corrected chi connectivity index (χ1v) is 7.43. The zero-order valence-electron chi connectivity index (χ0n) is 11.7. The summed E-state index contributed by atoms with van der Waals surface area (Å²) in [5.41, 5.74) is 0. The fourth-order valence-electron chi connectivity index (χ4n) is 3.19. The van der Waals surface area contributed by atoms with Gasteiger partial charge in [-0.2, -0.15) is 0 Å². The minimum absolute atomic E-state index is 0.0207. The van der Waals surface area contributed by atoms with Gasteiger partial charge < -0.3 is 15.5 Å². The van der Waals surface area contributed by atoms with Crippen molar-refractivity contribution in [3.63, 3.8) is 0 Å². The fraction of sp³-hybridized carbons (Fsp3) is 0.929. The van der Waals surface area contributed by atoms with Gasteiger partial charge in [-0.1, -0.05) is 13.3 Å². The van der Waals surface area contributed by atoms with E-state index in [1.54, 1.807) is 0 Å². The summed E-state index contributed by atoms with van der Waals surface area (Å²) in [4.78, 5) is 14.4. The largest absolute Gasteiger partial charge is 0.341 e. The first-order valence-electron chi connectivity index (χ1n) is 7.43. The summed E-state index contributed by atoms with van der Waals surface area (Å²) in [5.74, 6) is 1.15. The summed E-state index contributed by atoms with van der Waals surface area (Å²) in [6.45, 7) is 4.91. The maximum Gasteiger partial charge on any atom is 0.241 e. The van der Waals surface area contributed by atoms with Gasteiger partial charge >= 0.3 is 0 Å². The molecular formula is C14H27N3O. The highest BCUT2D eigenvalue weighted by Gasteiger charge is 2.30. The van der Waals surface area contributed by atoms with E-state index in [-0.39, 0.29) is 11.9 Å². The van der Waals surface area contributed by atoms with Gasteiger partial charge in [0, 0.05) is 32.7 Å². The van der Waals surface area contributed by atoms with E-state index in [1.165, 1.54) is 32.1 Å². The van der Waals surface area contributed by atoms with E-state index in [0.717, 1.165) is 25.6 Å². The molecule has 2 rings (SSSR count). The van der Waals surface area contributed by atoms with E-state index in [0.29, 0.717) is 6.04 Å². The van der Waals surface area contributed by atoms with Gasteiger partial charge in [-0.3, -0.25) is 4.79 Å². The van der Waals surface area contributed by atoms with Gasteiger partial charge in [0.2, 0.25) is 5.91 Å². The lowest BCUT2D eigenvalue weighted by Gasteiger charge is -2.37. The van der Waals surface area contributed by atoms with Crippen LogP contribution in [0, 0.1) is 5.92 Å². The van der Waals surface area contributed by atoms with Crippen molar-refractivity contribution in [3.8, 4) is 0 Å². The van der Waals surface area contributed by atoms with E-state index in [4.69, 9.17) is 0 Å². The monoisotopic (exact) mass is 253 g/mol. The molecule has 18 heavy (non-hydrogen) atoms. The van der Waals surface area contributed by atoms with Crippen LogP contribution in [0.5, 0.6) is 0 Å². The average molecular weight is 253 g/mol. The molecule has 104 valence electrons. The highest BCUT2D eigenvalue weighted by Crippen LogP contribution is 2.29. The molecule has 1 aliphatic heterocycles. The van der Waals surface area contributed by atoms with Crippen molar-refractivity contribution >= 4 is 5.91 Å². The van der Waals surface area contributed by atoms with E-state index in [1.807, 2.05) is 11.9 Å². The second-order valence-electron chi connectivity index (χ2n) is 5.74. The molecule has 0 bridgehead atoms. The van der Waals surface area contributed by atoms with Crippen molar-refractivity contribution < 1.29 is 4.79 Å². The van der Waals surface area contributed by atoms with Gasteiger partial charge in [0.25, 0.3) is 0 Å². The lowest BCUT2D eigenvalue weighted by Crippen LogP contribution is -2.57. The van der Waals surface area contributed by atoms with Crippen LogP contribution < -0.4 is 10.6 Å². The molecule has 2 N–H and O–H groups in total. The molecular weight excluding hydrogens is 226 g/mol. The van der Waals surface area contributed by atoms with Crippen LogP contribution in [0.1, 0.15) is 39.0 Å². The average Bonchev–Trinajstić information content (AvgIpc) is 2.47.